The van der Waals surface area contributed by atoms with Crippen LogP contribution in [0.4, 0.5) is 5.69 Å². The van der Waals surface area contributed by atoms with Crippen molar-refractivity contribution in [2.24, 2.45) is 0 Å². The molecule has 0 aliphatic carbocycles. The van der Waals surface area contributed by atoms with Crippen LogP contribution < -0.4 is 15.4 Å². The minimum Gasteiger partial charge on any atom is -0.424 e. The highest BCUT2D eigenvalue weighted by Gasteiger charge is 2.20. The van der Waals surface area contributed by atoms with Crippen LogP contribution in [-0.2, 0) is 16.0 Å². The lowest BCUT2D eigenvalue weighted by Crippen LogP contribution is -2.44. The zero-order valence-corrected chi connectivity index (χ0v) is 16.7. The van der Waals surface area contributed by atoms with E-state index in [2.05, 4.69) is 20.6 Å². The summed E-state index contributed by atoms with van der Waals surface area (Å²) in [6, 6.07) is 17.7. The first-order chi connectivity index (χ1) is 14.6. The molecule has 3 rings (SSSR count). The maximum absolute atomic E-state index is 12.7. The molecule has 3 aromatic rings. The number of hydrogen-bond donors (Lipinski definition) is 2. The van der Waals surface area contributed by atoms with Crippen LogP contribution in [0.15, 0.2) is 73.1 Å². The molecule has 1 heterocycles. The Kier molecular flexibility index (Phi) is 7.49. The third-order valence-electron chi connectivity index (χ3n) is 4.31. The van der Waals surface area contributed by atoms with Gasteiger partial charge in [-0.2, -0.15) is 0 Å². The van der Waals surface area contributed by atoms with E-state index in [1.807, 2.05) is 37.3 Å². The van der Waals surface area contributed by atoms with Gasteiger partial charge in [0.05, 0.1) is 6.42 Å². The number of aromatic nitrogens is 2. The zero-order valence-electron chi connectivity index (χ0n) is 16.7. The molecule has 0 aliphatic rings. The molecule has 2 N–H and O–H groups in total. The van der Waals surface area contributed by atoms with Crippen molar-refractivity contribution in [2.45, 2.75) is 32.2 Å². The SMILES string of the molecule is CCC[C@H](NC(=O)Cc1ccccc1)C(=O)Nc1ccc(Oc2ncccn2)cc1. The van der Waals surface area contributed by atoms with Crippen molar-refractivity contribution in [3.05, 3.63) is 78.6 Å². The van der Waals surface area contributed by atoms with Gasteiger partial charge in [0.1, 0.15) is 11.8 Å². The molecule has 1 aromatic heterocycles. The Morgan fingerprint density at radius 2 is 1.67 bits per heavy atom. The highest BCUT2D eigenvalue weighted by atomic mass is 16.5. The number of benzene rings is 2. The summed E-state index contributed by atoms with van der Waals surface area (Å²) < 4.78 is 5.54. The summed E-state index contributed by atoms with van der Waals surface area (Å²) in [7, 11) is 0. The number of rotatable bonds is 9. The summed E-state index contributed by atoms with van der Waals surface area (Å²) >= 11 is 0. The first kappa shape index (κ1) is 21.0. The second kappa shape index (κ2) is 10.7. The first-order valence-electron chi connectivity index (χ1n) is 9.83. The van der Waals surface area contributed by atoms with Gasteiger partial charge in [0.2, 0.25) is 11.8 Å². The Balaban J connectivity index is 1.56. The molecular weight excluding hydrogens is 380 g/mol. The lowest BCUT2D eigenvalue weighted by Gasteiger charge is -2.18. The normalized spacial score (nSPS) is 11.4. The first-order valence-corrected chi connectivity index (χ1v) is 9.83. The smallest absolute Gasteiger partial charge is 0.321 e. The predicted octanol–water partition coefficient (Wildman–Crippen LogP) is 3.74. The van der Waals surface area contributed by atoms with Gasteiger partial charge in [-0.05, 0) is 42.3 Å². The molecule has 154 valence electrons. The number of nitrogens with zero attached hydrogens (tertiary/aromatic N) is 2. The second-order valence-corrected chi connectivity index (χ2v) is 6.72. The lowest BCUT2D eigenvalue weighted by atomic mass is 10.1. The molecule has 7 nitrogen and oxygen atoms in total. The average Bonchev–Trinajstić information content (AvgIpc) is 2.76. The van der Waals surface area contributed by atoms with Crippen LogP contribution >= 0.6 is 0 Å². The highest BCUT2D eigenvalue weighted by Crippen LogP contribution is 2.20. The lowest BCUT2D eigenvalue weighted by molar-refractivity contribution is -0.126. The number of hydrogen-bond acceptors (Lipinski definition) is 5. The largest absolute Gasteiger partial charge is 0.424 e. The number of carbonyl (C=O) groups excluding carboxylic acids is 2. The van der Waals surface area contributed by atoms with Gasteiger partial charge < -0.3 is 15.4 Å². The topological polar surface area (TPSA) is 93.2 Å². The van der Waals surface area contributed by atoms with Gasteiger partial charge in [0.15, 0.2) is 0 Å². The van der Waals surface area contributed by atoms with E-state index in [1.165, 1.54) is 0 Å². The zero-order chi connectivity index (χ0) is 21.2. The quantitative estimate of drug-likeness (QED) is 0.567. The molecule has 7 heteroatoms. The van der Waals surface area contributed by atoms with Crippen LogP contribution in [0, 0.1) is 0 Å². The van der Waals surface area contributed by atoms with Crippen LogP contribution in [0.5, 0.6) is 11.8 Å². The number of ether oxygens (including phenoxy) is 1. The highest BCUT2D eigenvalue weighted by molar-refractivity contribution is 5.97. The van der Waals surface area contributed by atoms with E-state index >= 15 is 0 Å². The van der Waals surface area contributed by atoms with Gasteiger partial charge in [-0.25, -0.2) is 9.97 Å². The second-order valence-electron chi connectivity index (χ2n) is 6.72. The van der Waals surface area contributed by atoms with Crippen molar-refractivity contribution in [3.8, 4) is 11.8 Å². The molecule has 0 bridgehead atoms. The summed E-state index contributed by atoms with van der Waals surface area (Å²) in [5, 5.41) is 5.68. The Morgan fingerprint density at radius 1 is 0.967 bits per heavy atom. The maximum atomic E-state index is 12.7. The van der Waals surface area contributed by atoms with Crippen LogP contribution in [0.25, 0.3) is 0 Å². The number of anilines is 1. The van der Waals surface area contributed by atoms with Crippen LogP contribution in [-0.4, -0.2) is 27.8 Å². The fourth-order valence-corrected chi connectivity index (χ4v) is 2.86. The third-order valence-corrected chi connectivity index (χ3v) is 4.31. The van der Waals surface area contributed by atoms with E-state index in [9.17, 15) is 9.59 Å². The van der Waals surface area contributed by atoms with Crippen molar-refractivity contribution in [1.82, 2.24) is 15.3 Å². The van der Waals surface area contributed by atoms with Gasteiger partial charge >= 0.3 is 6.01 Å². The summed E-state index contributed by atoms with van der Waals surface area (Å²) in [6.45, 7) is 1.97. The van der Waals surface area contributed by atoms with Crippen molar-refractivity contribution >= 4 is 17.5 Å². The average molecular weight is 404 g/mol. The summed E-state index contributed by atoms with van der Waals surface area (Å²) in [5.41, 5.74) is 1.52. The van der Waals surface area contributed by atoms with Crippen molar-refractivity contribution in [2.75, 3.05) is 5.32 Å². The van der Waals surface area contributed by atoms with Crippen molar-refractivity contribution in [1.29, 1.82) is 0 Å². The molecule has 0 saturated carbocycles. The van der Waals surface area contributed by atoms with E-state index in [1.54, 1.807) is 42.7 Å². The Hall–Kier alpha value is -3.74. The van der Waals surface area contributed by atoms with Gasteiger partial charge in [0, 0.05) is 18.1 Å². The van der Waals surface area contributed by atoms with Gasteiger partial charge in [-0.3, -0.25) is 9.59 Å². The maximum Gasteiger partial charge on any atom is 0.321 e. The van der Waals surface area contributed by atoms with E-state index in [-0.39, 0.29) is 24.2 Å². The standard InChI is InChI=1S/C23H24N4O3/c1-2-7-20(27-21(28)16-17-8-4-3-5-9-17)22(29)26-18-10-12-19(13-11-18)30-23-24-14-6-15-25-23/h3-6,8-15,20H,2,7,16H2,1H3,(H,26,29)(H,27,28)/t20-/m0/s1. The monoisotopic (exact) mass is 404 g/mol. The van der Waals surface area contributed by atoms with Crippen molar-refractivity contribution < 1.29 is 14.3 Å². The van der Waals surface area contributed by atoms with E-state index in [0.717, 1.165) is 12.0 Å². The number of carbonyl (C=O) groups is 2. The third kappa shape index (κ3) is 6.41. The summed E-state index contributed by atoms with van der Waals surface area (Å²) in [5.74, 6) is 0.125. The van der Waals surface area contributed by atoms with Gasteiger partial charge in [0.25, 0.3) is 0 Å². The number of amides is 2. The van der Waals surface area contributed by atoms with E-state index in [0.29, 0.717) is 17.9 Å². The summed E-state index contributed by atoms with van der Waals surface area (Å²) in [6.07, 6.45) is 4.75. The Bertz CT molecular complexity index is 947. The fraction of sp³-hybridized carbons (Fsp3) is 0.217. The minimum atomic E-state index is -0.597. The van der Waals surface area contributed by atoms with Crippen molar-refractivity contribution in [3.63, 3.8) is 0 Å². The molecule has 0 saturated heterocycles. The molecule has 0 radical (unpaired) electrons. The van der Waals surface area contributed by atoms with Gasteiger partial charge in [-0.15, -0.1) is 0 Å². The molecule has 2 amide bonds. The summed E-state index contributed by atoms with van der Waals surface area (Å²) in [4.78, 5) is 33.0. The van der Waals surface area contributed by atoms with E-state index < -0.39 is 6.04 Å². The predicted molar refractivity (Wildman–Crippen MR) is 114 cm³/mol. The Labute approximate surface area is 175 Å². The molecular formula is C23H24N4O3. The van der Waals surface area contributed by atoms with Crippen LogP contribution in [0.3, 0.4) is 0 Å². The molecule has 0 unspecified atom stereocenters. The molecule has 0 aliphatic heterocycles. The minimum absolute atomic E-state index is 0.179. The Morgan fingerprint density at radius 3 is 2.33 bits per heavy atom. The van der Waals surface area contributed by atoms with Crippen LogP contribution in [0.1, 0.15) is 25.3 Å². The molecule has 0 spiro atoms. The molecule has 30 heavy (non-hydrogen) atoms. The fourth-order valence-electron chi connectivity index (χ4n) is 2.86. The van der Waals surface area contributed by atoms with E-state index in [4.69, 9.17) is 4.74 Å². The van der Waals surface area contributed by atoms with Crippen LogP contribution in [0.2, 0.25) is 0 Å². The van der Waals surface area contributed by atoms with Gasteiger partial charge in [-0.1, -0.05) is 43.7 Å². The molecule has 2 aromatic carbocycles. The number of nitrogens with one attached hydrogen (secondary N) is 2. The molecule has 0 fully saturated rings. The molecule has 1 atom stereocenters.